The van der Waals surface area contributed by atoms with Crippen LogP contribution in [0, 0.1) is 6.92 Å². The average molecular weight is 363 g/mol. The van der Waals surface area contributed by atoms with Crippen LogP contribution in [-0.4, -0.2) is 27.5 Å². The molecule has 0 saturated carbocycles. The van der Waals surface area contributed by atoms with Crippen LogP contribution < -0.4 is 4.72 Å². The van der Waals surface area contributed by atoms with E-state index in [0.717, 1.165) is 10.1 Å². The lowest BCUT2D eigenvalue weighted by atomic mass is 10.3. The van der Waals surface area contributed by atoms with Crippen molar-refractivity contribution < 1.29 is 8.42 Å². The zero-order valence-electron chi connectivity index (χ0n) is 13.5. The first-order chi connectivity index (χ1) is 11.3. The molecule has 0 bridgehead atoms. The minimum absolute atomic E-state index is 0.00830. The van der Waals surface area contributed by atoms with E-state index in [0.29, 0.717) is 11.5 Å². The van der Waals surface area contributed by atoms with Crippen LogP contribution in [-0.2, 0) is 24.1 Å². The molecule has 0 fully saturated rings. The number of rotatable bonds is 5. The normalized spacial score (nSPS) is 11.6. The zero-order valence-corrected chi connectivity index (χ0v) is 15.1. The van der Waals surface area contributed by atoms with Gasteiger partial charge in [0.25, 0.3) is 10.0 Å². The molecule has 3 rings (SSSR count). The van der Waals surface area contributed by atoms with Gasteiger partial charge in [0.05, 0.1) is 0 Å². The highest BCUT2D eigenvalue weighted by Gasteiger charge is 2.18. The molecule has 0 aliphatic rings. The Hall–Kier alpha value is -2.26. The van der Waals surface area contributed by atoms with Gasteiger partial charge >= 0.3 is 0 Å². The zero-order chi connectivity index (χ0) is 17.3. The van der Waals surface area contributed by atoms with E-state index in [1.165, 1.54) is 18.0 Å². The number of imidazole rings is 2. The Morgan fingerprint density at radius 2 is 1.83 bits per heavy atom. The molecule has 1 aromatic carbocycles. The second-order valence-electron chi connectivity index (χ2n) is 5.29. The lowest BCUT2D eigenvalue weighted by Crippen LogP contribution is -2.13. The molecule has 0 spiro atoms. The largest absolute Gasteiger partial charge is 0.337 e. The molecule has 3 aromatic rings. The molecule has 0 amide bonds. The van der Waals surface area contributed by atoms with Crippen LogP contribution in [0.25, 0.3) is 0 Å². The third-order valence-corrected chi connectivity index (χ3v) is 5.79. The van der Waals surface area contributed by atoms with Crippen LogP contribution in [0.15, 0.2) is 57.9 Å². The molecule has 0 aliphatic heterocycles. The summed E-state index contributed by atoms with van der Waals surface area (Å²) in [5, 5.41) is 0.876. The van der Waals surface area contributed by atoms with Gasteiger partial charge in [-0.15, -0.1) is 0 Å². The molecule has 0 unspecified atom stereocenters. The number of hydrogen-bond donors (Lipinski definition) is 1. The number of aryl methyl sites for hydroxylation is 3. The molecule has 0 aliphatic carbocycles. The lowest BCUT2D eigenvalue weighted by molar-refractivity contribution is 0.598. The summed E-state index contributed by atoms with van der Waals surface area (Å²) in [5.74, 6) is 0.636. The molecule has 1 N–H and O–H groups in total. The van der Waals surface area contributed by atoms with Crippen LogP contribution in [0.5, 0.6) is 0 Å². The molecular formula is C15H17N5O2S2. The van der Waals surface area contributed by atoms with Gasteiger partial charge in [-0.25, -0.2) is 9.97 Å². The number of nitrogens with zero attached hydrogens (tertiary/aromatic N) is 4. The highest BCUT2D eigenvalue weighted by Crippen LogP contribution is 2.27. The Labute approximate surface area is 144 Å². The Bertz CT molecular complexity index is 939. The number of hydrogen-bond acceptors (Lipinski definition) is 5. The molecule has 2 heterocycles. The highest BCUT2D eigenvalue weighted by molar-refractivity contribution is 7.99. The first-order valence-electron chi connectivity index (χ1n) is 7.13. The molecule has 0 saturated heterocycles. The van der Waals surface area contributed by atoms with Gasteiger partial charge in [-0.2, -0.15) is 8.42 Å². The van der Waals surface area contributed by atoms with Crippen molar-refractivity contribution in [2.75, 3.05) is 4.72 Å². The van der Waals surface area contributed by atoms with E-state index in [1.54, 1.807) is 36.9 Å². The maximum absolute atomic E-state index is 12.3. The Morgan fingerprint density at radius 3 is 2.38 bits per heavy atom. The Balaban J connectivity index is 1.75. The quantitative estimate of drug-likeness (QED) is 0.753. The summed E-state index contributed by atoms with van der Waals surface area (Å²) in [4.78, 5) is 9.27. The van der Waals surface area contributed by atoms with Gasteiger partial charge in [-0.05, 0) is 31.2 Å². The van der Waals surface area contributed by atoms with Gasteiger partial charge in [0.2, 0.25) is 0 Å². The number of anilines is 1. The second-order valence-corrected chi connectivity index (χ2v) is 7.96. The summed E-state index contributed by atoms with van der Waals surface area (Å²) in [6, 6.07) is 7.14. The van der Waals surface area contributed by atoms with E-state index >= 15 is 0 Å². The summed E-state index contributed by atoms with van der Waals surface area (Å²) >= 11 is 1.51. The van der Waals surface area contributed by atoms with Crippen molar-refractivity contribution in [1.29, 1.82) is 0 Å². The number of aromatic nitrogens is 4. The van der Waals surface area contributed by atoms with Crippen molar-refractivity contribution in [3.05, 3.63) is 48.7 Å². The van der Waals surface area contributed by atoms with E-state index in [-0.39, 0.29) is 5.03 Å². The molecular weight excluding hydrogens is 346 g/mol. The third-order valence-electron chi connectivity index (χ3n) is 3.45. The number of sulfonamides is 1. The van der Waals surface area contributed by atoms with E-state index in [9.17, 15) is 8.42 Å². The molecule has 0 radical (unpaired) electrons. The van der Waals surface area contributed by atoms with Crippen molar-refractivity contribution >= 4 is 27.5 Å². The van der Waals surface area contributed by atoms with Crippen LogP contribution in [0.4, 0.5) is 5.69 Å². The van der Waals surface area contributed by atoms with E-state index in [1.807, 2.05) is 29.9 Å². The van der Waals surface area contributed by atoms with Gasteiger partial charge in [0, 0.05) is 43.3 Å². The van der Waals surface area contributed by atoms with Crippen molar-refractivity contribution in [2.45, 2.75) is 22.0 Å². The van der Waals surface area contributed by atoms with Crippen LogP contribution in [0.2, 0.25) is 0 Å². The van der Waals surface area contributed by atoms with Crippen molar-refractivity contribution in [1.82, 2.24) is 19.1 Å². The fourth-order valence-corrected chi connectivity index (χ4v) is 3.91. The van der Waals surface area contributed by atoms with Crippen molar-refractivity contribution in [2.24, 2.45) is 14.1 Å². The summed E-state index contributed by atoms with van der Waals surface area (Å²) in [5.41, 5.74) is 0.488. The van der Waals surface area contributed by atoms with Gasteiger partial charge in [0.1, 0.15) is 5.82 Å². The topological polar surface area (TPSA) is 81.8 Å². The van der Waals surface area contributed by atoms with Gasteiger partial charge < -0.3 is 9.13 Å². The van der Waals surface area contributed by atoms with Crippen molar-refractivity contribution in [3.63, 3.8) is 0 Å². The van der Waals surface area contributed by atoms with Gasteiger partial charge in [0.15, 0.2) is 10.2 Å². The summed E-state index contributed by atoms with van der Waals surface area (Å²) in [6.45, 7) is 1.75. The van der Waals surface area contributed by atoms with Gasteiger partial charge in [-0.3, -0.25) is 4.72 Å². The number of benzene rings is 1. The molecule has 24 heavy (non-hydrogen) atoms. The predicted molar refractivity (Wildman–Crippen MR) is 92.5 cm³/mol. The molecule has 126 valence electrons. The fraction of sp³-hybridized carbons (Fsp3) is 0.200. The SMILES string of the molecule is Cc1nc(S(=O)(=O)Nc2ccc(Sc3nccn3C)cc2)cn1C. The van der Waals surface area contributed by atoms with E-state index in [2.05, 4.69) is 14.7 Å². The third kappa shape index (κ3) is 3.46. The van der Waals surface area contributed by atoms with Crippen LogP contribution >= 0.6 is 11.8 Å². The van der Waals surface area contributed by atoms with Crippen molar-refractivity contribution in [3.8, 4) is 0 Å². The molecule has 7 nitrogen and oxygen atoms in total. The standard InChI is InChI=1S/C15H17N5O2S2/c1-11-17-14(10-20(11)3)24(21,22)18-12-4-6-13(7-5-12)23-15-16-8-9-19(15)2/h4-10,18H,1-3H3. The Kier molecular flexibility index (Phi) is 4.37. The minimum atomic E-state index is -3.69. The maximum atomic E-state index is 12.3. The highest BCUT2D eigenvalue weighted by atomic mass is 32.2. The summed E-state index contributed by atoms with van der Waals surface area (Å²) in [7, 11) is -0.0115. The second kappa shape index (κ2) is 6.33. The Morgan fingerprint density at radius 1 is 1.12 bits per heavy atom. The van der Waals surface area contributed by atoms with Crippen LogP contribution in [0.3, 0.4) is 0 Å². The van der Waals surface area contributed by atoms with Crippen LogP contribution in [0.1, 0.15) is 5.82 Å². The fourth-order valence-electron chi connectivity index (χ4n) is 2.01. The average Bonchev–Trinajstić information content (AvgIpc) is 3.08. The predicted octanol–water partition coefficient (Wildman–Crippen LogP) is 2.41. The lowest BCUT2D eigenvalue weighted by Gasteiger charge is -2.07. The number of nitrogens with one attached hydrogen (secondary N) is 1. The smallest absolute Gasteiger partial charge is 0.280 e. The molecule has 9 heteroatoms. The first kappa shape index (κ1) is 16.6. The molecule has 0 atom stereocenters. The van der Waals surface area contributed by atoms with Gasteiger partial charge in [-0.1, -0.05) is 11.8 Å². The monoisotopic (exact) mass is 363 g/mol. The summed E-state index contributed by atoms with van der Waals surface area (Å²) < 4.78 is 30.8. The van der Waals surface area contributed by atoms with E-state index in [4.69, 9.17) is 0 Å². The molecule has 2 aromatic heterocycles. The minimum Gasteiger partial charge on any atom is -0.337 e. The maximum Gasteiger partial charge on any atom is 0.280 e. The first-order valence-corrected chi connectivity index (χ1v) is 9.43. The van der Waals surface area contributed by atoms with E-state index < -0.39 is 10.0 Å². The summed E-state index contributed by atoms with van der Waals surface area (Å²) in [6.07, 6.45) is 5.10.